The van der Waals surface area contributed by atoms with Crippen LogP contribution in [0.3, 0.4) is 0 Å². The van der Waals surface area contributed by atoms with Crippen molar-refractivity contribution in [1.29, 1.82) is 0 Å². The van der Waals surface area contributed by atoms with E-state index in [0.717, 1.165) is 22.3 Å². The molecule has 0 saturated carbocycles. The lowest BCUT2D eigenvalue weighted by molar-refractivity contribution is -0.115. The van der Waals surface area contributed by atoms with Crippen molar-refractivity contribution < 1.29 is 4.79 Å². The van der Waals surface area contributed by atoms with Crippen molar-refractivity contribution in [3.8, 4) is 0 Å². The van der Waals surface area contributed by atoms with Gasteiger partial charge in [-0.15, -0.1) is 0 Å². The summed E-state index contributed by atoms with van der Waals surface area (Å²) in [5.41, 5.74) is 3.10. The minimum absolute atomic E-state index is 0.208. The number of amidine groups is 1. The van der Waals surface area contributed by atoms with Crippen LogP contribution in [0.4, 0.5) is 0 Å². The number of amides is 1. The average molecular weight is 369 g/mol. The van der Waals surface area contributed by atoms with Crippen LogP contribution < -0.4 is 5.32 Å². The van der Waals surface area contributed by atoms with E-state index in [4.69, 9.17) is 11.6 Å². The Labute approximate surface area is 153 Å². The Morgan fingerprint density at radius 1 is 1.24 bits per heavy atom. The number of hydrogen-bond acceptors (Lipinski definition) is 4. The number of aromatic nitrogens is 2. The number of nitrogens with zero attached hydrogens (tertiary/aromatic N) is 2. The van der Waals surface area contributed by atoms with Gasteiger partial charge in [-0.2, -0.15) is 0 Å². The molecule has 124 valence electrons. The van der Waals surface area contributed by atoms with Crippen molar-refractivity contribution in [2.45, 2.75) is 5.75 Å². The Balaban J connectivity index is 1.56. The number of thioether (sulfide) groups is 1. The third kappa shape index (κ3) is 3.45. The highest BCUT2D eigenvalue weighted by Gasteiger charge is 2.20. The Hall–Kier alpha value is -2.57. The molecule has 0 bridgehead atoms. The lowest BCUT2D eigenvalue weighted by atomic mass is 10.2. The molecule has 7 heteroatoms. The molecule has 1 amide bonds. The molecule has 5 nitrogen and oxygen atoms in total. The summed E-state index contributed by atoms with van der Waals surface area (Å²) >= 11 is 7.51. The number of H-pyrrole nitrogens is 1. The van der Waals surface area contributed by atoms with E-state index in [0.29, 0.717) is 15.9 Å². The van der Waals surface area contributed by atoms with Crippen LogP contribution in [-0.4, -0.2) is 21.0 Å². The zero-order chi connectivity index (χ0) is 17.2. The van der Waals surface area contributed by atoms with Gasteiger partial charge in [0.15, 0.2) is 5.17 Å². The molecule has 0 radical (unpaired) electrons. The van der Waals surface area contributed by atoms with Gasteiger partial charge in [0.1, 0.15) is 11.3 Å². The maximum atomic E-state index is 12.2. The minimum atomic E-state index is -0.208. The van der Waals surface area contributed by atoms with Crippen LogP contribution in [-0.2, 0) is 10.5 Å². The summed E-state index contributed by atoms with van der Waals surface area (Å²) in [5, 5.41) is 4.81. The molecule has 2 N–H and O–H groups in total. The van der Waals surface area contributed by atoms with Crippen molar-refractivity contribution in [1.82, 2.24) is 15.3 Å². The molecule has 2 aromatic heterocycles. The molecule has 0 fully saturated rings. The van der Waals surface area contributed by atoms with Gasteiger partial charge in [0.25, 0.3) is 5.91 Å². The lowest BCUT2D eigenvalue weighted by Crippen LogP contribution is -2.21. The van der Waals surface area contributed by atoms with Crippen molar-refractivity contribution in [3.63, 3.8) is 0 Å². The Morgan fingerprint density at radius 2 is 2.08 bits per heavy atom. The van der Waals surface area contributed by atoms with Gasteiger partial charge in [0, 0.05) is 29.1 Å². The quantitative estimate of drug-likeness (QED) is 0.687. The van der Waals surface area contributed by atoms with Gasteiger partial charge in [-0.1, -0.05) is 53.7 Å². The zero-order valence-corrected chi connectivity index (χ0v) is 14.6. The number of nitrogens with one attached hydrogen (secondary N) is 2. The molecule has 0 unspecified atom stereocenters. The predicted octanol–water partition coefficient (Wildman–Crippen LogP) is 3.98. The van der Waals surface area contributed by atoms with Gasteiger partial charge >= 0.3 is 0 Å². The maximum Gasteiger partial charge on any atom is 0.275 e. The molecular formula is C18H13ClN4OS. The highest BCUT2D eigenvalue weighted by molar-refractivity contribution is 8.13. The minimum Gasteiger partial charge on any atom is -0.346 e. The predicted molar refractivity (Wildman–Crippen MR) is 102 cm³/mol. The molecule has 3 heterocycles. The third-order valence-electron chi connectivity index (χ3n) is 3.72. The number of fused-ring (bicyclic) bond motifs is 1. The van der Waals surface area contributed by atoms with Crippen LogP contribution in [0.2, 0.25) is 5.02 Å². The number of benzene rings is 1. The van der Waals surface area contributed by atoms with E-state index in [1.54, 1.807) is 18.5 Å². The SMILES string of the molecule is O=C1NC(SCc2ccccc2)=N/C1=C\c1c[nH]c2ncc(Cl)cc12. The Kier molecular flexibility index (Phi) is 4.29. The first-order valence-electron chi connectivity index (χ1n) is 7.60. The molecular weight excluding hydrogens is 356 g/mol. The monoisotopic (exact) mass is 368 g/mol. The van der Waals surface area contributed by atoms with E-state index in [1.807, 2.05) is 36.4 Å². The van der Waals surface area contributed by atoms with Gasteiger partial charge in [-0.05, 0) is 17.7 Å². The van der Waals surface area contributed by atoms with Crippen molar-refractivity contribution in [2.75, 3.05) is 0 Å². The second-order valence-electron chi connectivity index (χ2n) is 5.47. The van der Waals surface area contributed by atoms with Gasteiger partial charge in [-0.3, -0.25) is 10.1 Å². The fourth-order valence-corrected chi connectivity index (χ4v) is 3.49. The molecule has 0 atom stereocenters. The van der Waals surface area contributed by atoms with E-state index in [2.05, 4.69) is 20.3 Å². The highest BCUT2D eigenvalue weighted by Crippen LogP contribution is 2.24. The number of carbonyl (C=O) groups is 1. The number of pyridine rings is 1. The van der Waals surface area contributed by atoms with E-state index in [1.165, 1.54) is 17.3 Å². The molecule has 1 aromatic carbocycles. The van der Waals surface area contributed by atoms with Crippen LogP contribution in [0.1, 0.15) is 11.1 Å². The summed E-state index contributed by atoms with van der Waals surface area (Å²) in [6.45, 7) is 0. The summed E-state index contributed by atoms with van der Waals surface area (Å²) in [5.74, 6) is 0.541. The van der Waals surface area contributed by atoms with Gasteiger partial charge in [0.2, 0.25) is 0 Å². The van der Waals surface area contributed by atoms with Crippen LogP contribution in [0.15, 0.2) is 59.5 Å². The topological polar surface area (TPSA) is 70.1 Å². The van der Waals surface area contributed by atoms with Gasteiger partial charge in [0.05, 0.1) is 5.02 Å². The summed E-state index contributed by atoms with van der Waals surface area (Å²) in [7, 11) is 0. The molecule has 0 aliphatic carbocycles. The molecule has 0 saturated heterocycles. The number of aliphatic imine (C=N–C) groups is 1. The number of aromatic amines is 1. The smallest absolute Gasteiger partial charge is 0.275 e. The van der Waals surface area contributed by atoms with E-state index >= 15 is 0 Å². The van der Waals surface area contributed by atoms with Crippen molar-refractivity contribution >= 4 is 51.5 Å². The number of halogens is 1. The fraction of sp³-hybridized carbons (Fsp3) is 0.0556. The summed E-state index contributed by atoms with van der Waals surface area (Å²) in [4.78, 5) is 23.8. The molecule has 25 heavy (non-hydrogen) atoms. The maximum absolute atomic E-state index is 12.2. The second-order valence-corrected chi connectivity index (χ2v) is 6.87. The van der Waals surface area contributed by atoms with E-state index in [9.17, 15) is 4.79 Å². The normalized spacial score (nSPS) is 15.6. The number of carbonyl (C=O) groups excluding carboxylic acids is 1. The first-order valence-corrected chi connectivity index (χ1v) is 8.96. The Morgan fingerprint density at radius 3 is 2.92 bits per heavy atom. The van der Waals surface area contributed by atoms with Crippen LogP contribution >= 0.6 is 23.4 Å². The first kappa shape index (κ1) is 15.9. The van der Waals surface area contributed by atoms with Crippen LogP contribution in [0.25, 0.3) is 17.1 Å². The average Bonchev–Trinajstić information content (AvgIpc) is 3.18. The first-order chi connectivity index (χ1) is 12.2. The van der Waals surface area contributed by atoms with Crippen LogP contribution in [0, 0.1) is 0 Å². The number of rotatable bonds is 3. The zero-order valence-electron chi connectivity index (χ0n) is 13.0. The Bertz CT molecular complexity index is 1010. The van der Waals surface area contributed by atoms with E-state index < -0.39 is 0 Å². The third-order valence-corrected chi connectivity index (χ3v) is 4.87. The molecule has 1 aliphatic rings. The van der Waals surface area contributed by atoms with Crippen molar-refractivity contribution in [3.05, 3.63) is 70.6 Å². The summed E-state index contributed by atoms with van der Waals surface area (Å²) in [6, 6.07) is 11.9. The lowest BCUT2D eigenvalue weighted by Gasteiger charge is -2.00. The summed E-state index contributed by atoms with van der Waals surface area (Å²) in [6.07, 6.45) is 5.11. The molecule has 1 aliphatic heterocycles. The standard InChI is InChI=1S/C18H13ClN4OS/c19-13-7-14-12(8-20-16(14)21-9-13)6-15-17(24)23-18(22-15)25-10-11-4-2-1-3-5-11/h1-9H,10H2,(H,20,21)(H,22,23,24)/b15-6-. The van der Waals surface area contributed by atoms with Gasteiger partial charge < -0.3 is 4.98 Å². The van der Waals surface area contributed by atoms with E-state index in [-0.39, 0.29) is 5.91 Å². The largest absolute Gasteiger partial charge is 0.346 e. The van der Waals surface area contributed by atoms with Gasteiger partial charge in [-0.25, -0.2) is 9.98 Å². The molecule has 4 rings (SSSR count). The fourth-order valence-electron chi connectivity index (χ4n) is 2.51. The summed E-state index contributed by atoms with van der Waals surface area (Å²) < 4.78 is 0. The second kappa shape index (κ2) is 6.74. The molecule has 3 aromatic rings. The van der Waals surface area contributed by atoms with Crippen molar-refractivity contribution in [2.24, 2.45) is 4.99 Å². The number of hydrogen-bond donors (Lipinski definition) is 2. The highest BCUT2D eigenvalue weighted by atomic mass is 35.5. The molecule has 0 spiro atoms. The van der Waals surface area contributed by atoms with Crippen LogP contribution in [0.5, 0.6) is 0 Å².